The number of aryl methyl sites for hydroxylation is 2. The van der Waals surface area contributed by atoms with Gasteiger partial charge in [-0.25, -0.2) is 0 Å². The fourth-order valence-electron chi connectivity index (χ4n) is 9.85. The Labute approximate surface area is 296 Å². The highest BCUT2D eigenvalue weighted by atomic mass is 16.6. The summed E-state index contributed by atoms with van der Waals surface area (Å²) in [6.07, 6.45) is 4.12. The van der Waals surface area contributed by atoms with Crippen LogP contribution in [-0.2, 0) is 43.8 Å². The standard InChI is InChI=1S/C42H50N2O6/c1-27(2)26-44(37(47)17-14-32-13-9-10-28(3)24-32)34-18-20-42(50-30(5)46)36-25-33-15-16-35(48-29(4)45)39-38(33)41(42,40(34)49-39)21-23-43(36)22-19-31-11-7-6-8-12-31/h6-13,15-16,24,27,34,36,40H,14,17-23,25-26H2,1-5H3/t34?,36-,40?,41+,42-/m1/s1. The van der Waals surface area contributed by atoms with E-state index < -0.39 is 23.1 Å². The number of benzene rings is 3. The van der Waals surface area contributed by atoms with Crippen LogP contribution >= 0.6 is 0 Å². The van der Waals surface area contributed by atoms with Crippen LogP contribution in [0.2, 0.25) is 0 Å². The molecular weight excluding hydrogens is 628 g/mol. The van der Waals surface area contributed by atoms with E-state index in [9.17, 15) is 14.4 Å². The van der Waals surface area contributed by atoms with Crippen molar-refractivity contribution in [1.29, 1.82) is 0 Å². The molecule has 2 fully saturated rings. The number of rotatable bonds is 11. The van der Waals surface area contributed by atoms with Crippen LogP contribution in [0.15, 0.2) is 66.7 Å². The Morgan fingerprint density at radius 3 is 2.46 bits per heavy atom. The maximum atomic E-state index is 14.4. The lowest BCUT2D eigenvalue weighted by Crippen LogP contribution is -2.79. The van der Waals surface area contributed by atoms with E-state index in [0.717, 1.165) is 36.2 Å². The lowest BCUT2D eigenvalue weighted by atomic mass is 9.48. The van der Waals surface area contributed by atoms with Crippen LogP contribution in [0.25, 0.3) is 0 Å². The fourth-order valence-corrected chi connectivity index (χ4v) is 9.85. The smallest absolute Gasteiger partial charge is 0.308 e. The number of amides is 1. The topological polar surface area (TPSA) is 85.4 Å². The summed E-state index contributed by atoms with van der Waals surface area (Å²) in [4.78, 5) is 44.5. The molecule has 2 aliphatic carbocycles. The van der Waals surface area contributed by atoms with E-state index in [-0.39, 0.29) is 29.9 Å². The Morgan fingerprint density at radius 1 is 0.960 bits per heavy atom. The van der Waals surface area contributed by atoms with Crippen LogP contribution in [0.4, 0.5) is 0 Å². The third-order valence-corrected chi connectivity index (χ3v) is 11.6. The van der Waals surface area contributed by atoms with Crippen LogP contribution in [0.3, 0.4) is 0 Å². The summed E-state index contributed by atoms with van der Waals surface area (Å²) >= 11 is 0. The minimum absolute atomic E-state index is 0.0653. The number of piperidine rings is 1. The summed E-state index contributed by atoms with van der Waals surface area (Å²) in [6.45, 7) is 11.5. The van der Waals surface area contributed by atoms with Gasteiger partial charge in [0, 0.05) is 38.9 Å². The summed E-state index contributed by atoms with van der Waals surface area (Å²) in [5, 5.41) is 0. The Balaban J connectivity index is 1.31. The molecule has 8 nitrogen and oxygen atoms in total. The molecule has 5 atom stereocenters. The first-order chi connectivity index (χ1) is 24.0. The SMILES string of the molecule is CC(=O)Oc1ccc2c3c1OC1C(N(CC(C)C)C(=O)CCc4cccc(C)c4)CC[C@@]4(OC(C)=O)[C@@H](C2)N(CCc2ccccc2)CC[C@]314. The third kappa shape index (κ3) is 5.89. The van der Waals surface area contributed by atoms with Gasteiger partial charge in [-0.1, -0.05) is 80.1 Å². The first-order valence-corrected chi connectivity index (χ1v) is 18.4. The molecule has 50 heavy (non-hydrogen) atoms. The average molecular weight is 679 g/mol. The number of carbonyl (C=O) groups excluding carboxylic acids is 3. The number of carbonyl (C=O) groups is 3. The minimum Gasteiger partial charge on any atom is -0.483 e. The number of likely N-dealkylation sites (tertiary alicyclic amines) is 1. The normalized spacial score (nSPS) is 26.2. The van der Waals surface area contributed by atoms with Gasteiger partial charge in [0.05, 0.1) is 17.5 Å². The summed E-state index contributed by atoms with van der Waals surface area (Å²) in [5.74, 6) is 0.579. The lowest BCUT2D eigenvalue weighted by Gasteiger charge is -2.65. The predicted molar refractivity (Wildman–Crippen MR) is 191 cm³/mol. The van der Waals surface area contributed by atoms with Gasteiger partial charge in [-0.05, 0) is 80.7 Å². The second-order valence-electron chi connectivity index (χ2n) is 15.3. The van der Waals surface area contributed by atoms with Gasteiger partial charge in [-0.2, -0.15) is 0 Å². The Hall–Kier alpha value is -4.17. The molecule has 8 heteroatoms. The zero-order chi connectivity index (χ0) is 35.2. The van der Waals surface area contributed by atoms with Crippen molar-refractivity contribution in [3.63, 3.8) is 0 Å². The van der Waals surface area contributed by atoms with Gasteiger partial charge in [0.15, 0.2) is 11.5 Å². The Bertz CT molecular complexity index is 1770. The molecule has 264 valence electrons. The van der Waals surface area contributed by atoms with Crippen molar-refractivity contribution in [2.24, 2.45) is 5.92 Å². The van der Waals surface area contributed by atoms with Crippen molar-refractivity contribution in [3.8, 4) is 11.5 Å². The average Bonchev–Trinajstić information content (AvgIpc) is 3.42. The van der Waals surface area contributed by atoms with Crippen molar-refractivity contribution >= 4 is 17.8 Å². The lowest BCUT2D eigenvalue weighted by molar-refractivity contribution is -0.224. The van der Waals surface area contributed by atoms with E-state index in [0.29, 0.717) is 56.6 Å². The molecule has 1 saturated carbocycles. The molecule has 7 rings (SSSR count). The maximum Gasteiger partial charge on any atom is 0.308 e. The molecule has 3 aromatic rings. The molecule has 0 N–H and O–H groups in total. The Kier molecular flexibility index (Phi) is 9.27. The molecule has 2 unspecified atom stereocenters. The number of hydrogen-bond acceptors (Lipinski definition) is 7. The largest absolute Gasteiger partial charge is 0.483 e. The van der Waals surface area contributed by atoms with E-state index >= 15 is 0 Å². The van der Waals surface area contributed by atoms with Crippen molar-refractivity contribution < 1.29 is 28.6 Å². The summed E-state index contributed by atoms with van der Waals surface area (Å²) < 4.78 is 19.6. The van der Waals surface area contributed by atoms with Gasteiger partial charge in [-0.15, -0.1) is 0 Å². The summed E-state index contributed by atoms with van der Waals surface area (Å²) in [6, 6.07) is 22.5. The van der Waals surface area contributed by atoms with Gasteiger partial charge in [0.25, 0.3) is 0 Å². The summed E-state index contributed by atoms with van der Waals surface area (Å²) in [7, 11) is 0. The quantitative estimate of drug-likeness (QED) is 0.172. The van der Waals surface area contributed by atoms with Crippen LogP contribution in [0.1, 0.15) is 81.2 Å². The number of esters is 2. The molecule has 1 saturated heterocycles. The Morgan fingerprint density at radius 2 is 1.74 bits per heavy atom. The minimum atomic E-state index is -0.865. The van der Waals surface area contributed by atoms with E-state index in [1.54, 1.807) is 0 Å². The highest BCUT2D eigenvalue weighted by molar-refractivity contribution is 5.78. The van der Waals surface area contributed by atoms with Gasteiger partial charge >= 0.3 is 11.9 Å². The first kappa shape index (κ1) is 34.3. The molecule has 1 amide bonds. The second-order valence-corrected chi connectivity index (χ2v) is 15.3. The van der Waals surface area contributed by atoms with E-state index in [1.807, 2.05) is 18.2 Å². The molecule has 2 aliphatic heterocycles. The van der Waals surface area contributed by atoms with E-state index in [2.05, 4.69) is 79.1 Å². The van der Waals surface area contributed by atoms with E-state index in [1.165, 1.54) is 25.0 Å². The summed E-state index contributed by atoms with van der Waals surface area (Å²) in [5.41, 5.74) is 4.17. The van der Waals surface area contributed by atoms with Gasteiger partial charge in [0.2, 0.25) is 5.91 Å². The molecule has 4 aliphatic rings. The predicted octanol–water partition coefficient (Wildman–Crippen LogP) is 6.37. The number of ether oxygens (including phenoxy) is 3. The first-order valence-electron chi connectivity index (χ1n) is 18.4. The third-order valence-electron chi connectivity index (χ3n) is 11.6. The van der Waals surface area contributed by atoms with Crippen LogP contribution in [-0.4, -0.2) is 71.1 Å². The maximum absolute atomic E-state index is 14.4. The number of hydrogen-bond donors (Lipinski definition) is 0. The zero-order valence-corrected chi connectivity index (χ0v) is 30.1. The number of nitrogens with zero attached hydrogens (tertiary/aromatic N) is 2. The van der Waals surface area contributed by atoms with Crippen molar-refractivity contribution in [1.82, 2.24) is 9.80 Å². The monoisotopic (exact) mass is 678 g/mol. The molecule has 2 bridgehead atoms. The van der Waals surface area contributed by atoms with Gasteiger partial charge in [-0.3, -0.25) is 19.3 Å². The molecule has 0 radical (unpaired) electrons. The highest BCUT2D eigenvalue weighted by Crippen LogP contribution is 2.67. The van der Waals surface area contributed by atoms with Gasteiger partial charge in [0.1, 0.15) is 11.7 Å². The highest BCUT2D eigenvalue weighted by Gasteiger charge is 2.75. The van der Waals surface area contributed by atoms with E-state index in [4.69, 9.17) is 14.2 Å². The van der Waals surface area contributed by atoms with Crippen molar-refractivity contribution in [3.05, 3.63) is 94.5 Å². The second kappa shape index (κ2) is 13.5. The molecule has 1 spiro atoms. The van der Waals surface area contributed by atoms with Crippen molar-refractivity contribution in [2.45, 2.75) is 109 Å². The molecular formula is C42H50N2O6. The van der Waals surface area contributed by atoms with Crippen LogP contribution in [0.5, 0.6) is 11.5 Å². The molecule has 3 aromatic carbocycles. The fraction of sp³-hybridized carbons (Fsp3) is 0.500. The molecule has 0 aromatic heterocycles. The van der Waals surface area contributed by atoms with Crippen molar-refractivity contribution in [2.75, 3.05) is 19.6 Å². The van der Waals surface area contributed by atoms with Crippen LogP contribution < -0.4 is 9.47 Å². The molecule has 2 heterocycles. The van der Waals surface area contributed by atoms with Crippen LogP contribution in [0, 0.1) is 12.8 Å². The zero-order valence-electron chi connectivity index (χ0n) is 30.1. The van der Waals surface area contributed by atoms with Gasteiger partial charge < -0.3 is 19.1 Å².